The Labute approximate surface area is 122 Å². The van der Waals surface area contributed by atoms with E-state index >= 15 is 0 Å². The number of thiazole rings is 1. The SMILES string of the molecule is CCC(NC(C)c1ccc(OC)c(F)c1)c1nccs1. The lowest BCUT2D eigenvalue weighted by Gasteiger charge is -2.21. The monoisotopic (exact) mass is 294 g/mol. The first-order chi connectivity index (χ1) is 9.65. The van der Waals surface area contributed by atoms with Crippen LogP contribution < -0.4 is 10.1 Å². The fourth-order valence-corrected chi connectivity index (χ4v) is 2.90. The average molecular weight is 294 g/mol. The molecule has 2 rings (SSSR count). The fraction of sp³-hybridized carbons (Fsp3) is 0.400. The summed E-state index contributed by atoms with van der Waals surface area (Å²) in [6.07, 6.45) is 2.75. The van der Waals surface area contributed by atoms with Crippen LogP contribution in [0.3, 0.4) is 0 Å². The number of nitrogens with one attached hydrogen (secondary N) is 1. The van der Waals surface area contributed by atoms with Crippen LogP contribution in [0.25, 0.3) is 0 Å². The van der Waals surface area contributed by atoms with E-state index in [1.807, 2.05) is 24.6 Å². The zero-order valence-corrected chi connectivity index (χ0v) is 12.7. The van der Waals surface area contributed by atoms with Crippen molar-refractivity contribution in [3.63, 3.8) is 0 Å². The molecule has 1 aromatic heterocycles. The van der Waals surface area contributed by atoms with E-state index in [0.717, 1.165) is 17.0 Å². The Morgan fingerprint density at radius 2 is 2.25 bits per heavy atom. The standard InChI is InChI=1S/C15H19FN2OS/c1-4-13(15-17-7-8-20-15)18-10(2)11-5-6-14(19-3)12(16)9-11/h5-10,13,18H,4H2,1-3H3. The normalized spacial score (nSPS) is 14.0. The van der Waals surface area contributed by atoms with Crippen LogP contribution in [0.1, 0.15) is 42.9 Å². The predicted octanol–water partition coefficient (Wildman–Crippen LogP) is 4.09. The van der Waals surface area contributed by atoms with Crippen LogP contribution in [0.2, 0.25) is 0 Å². The minimum absolute atomic E-state index is 0.0456. The molecule has 0 aliphatic carbocycles. The first kappa shape index (κ1) is 14.9. The Morgan fingerprint density at radius 1 is 1.45 bits per heavy atom. The molecular formula is C15H19FN2OS. The number of ether oxygens (including phenoxy) is 1. The van der Waals surface area contributed by atoms with Gasteiger partial charge in [-0.2, -0.15) is 0 Å². The molecule has 1 heterocycles. The maximum absolute atomic E-state index is 13.7. The van der Waals surface area contributed by atoms with E-state index in [9.17, 15) is 4.39 Å². The lowest BCUT2D eigenvalue weighted by atomic mass is 10.1. The Morgan fingerprint density at radius 3 is 2.80 bits per heavy atom. The predicted molar refractivity (Wildman–Crippen MR) is 79.6 cm³/mol. The van der Waals surface area contributed by atoms with Crippen LogP contribution in [0.5, 0.6) is 5.75 Å². The van der Waals surface area contributed by atoms with E-state index in [-0.39, 0.29) is 23.7 Å². The highest BCUT2D eigenvalue weighted by molar-refractivity contribution is 7.09. The number of methoxy groups -OCH3 is 1. The summed E-state index contributed by atoms with van der Waals surface area (Å²) in [7, 11) is 1.47. The van der Waals surface area contributed by atoms with Gasteiger partial charge in [0, 0.05) is 17.6 Å². The molecule has 2 atom stereocenters. The number of rotatable bonds is 6. The third kappa shape index (κ3) is 3.35. The molecular weight excluding hydrogens is 275 g/mol. The van der Waals surface area contributed by atoms with Crippen molar-refractivity contribution >= 4 is 11.3 Å². The van der Waals surface area contributed by atoms with Crippen molar-refractivity contribution in [2.45, 2.75) is 32.4 Å². The third-order valence-electron chi connectivity index (χ3n) is 3.28. The highest BCUT2D eigenvalue weighted by Gasteiger charge is 2.16. The lowest BCUT2D eigenvalue weighted by molar-refractivity contribution is 0.384. The number of halogens is 1. The fourth-order valence-electron chi connectivity index (χ4n) is 2.12. The molecule has 108 valence electrons. The van der Waals surface area contributed by atoms with Crippen molar-refractivity contribution < 1.29 is 9.13 Å². The molecule has 20 heavy (non-hydrogen) atoms. The highest BCUT2D eigenvalue weighted by atomic mass is 32.1. The molecule has 0 spiro atoms. The Hall–Kier alpha value is -1.46. The average Bonchev–Trinajstić information content (AvgIpc) is 2.98. The minimum Gasteiger partial charge on any atom is -0.494 e. The molecule has 3 nitrogen and oxygen atoms in total. The summed E-state index contributed by atoms with van der Waals surface area (Å²) in [6, 6.07) is 5.30. The molecule has 5 heteroatoms. The van der Waals surface area contributed by atoms with Gasteiger partial charge >= 0.3 is 0 Å². The molecule has 0 amide bonds. The minimum atomic E-state index is -0.332. The molecule has 0 bridgehead atoms. The van der Waals surface area contributed by atoms with Crippen molar-refractivity contribution in [3.05, 3.63) is 46.2 Å². The van der Waals surface area contributed by atoms with Crippen molar-refractivity contribution in [1.82, 2.24) is 10.3 Å². The zero-order valence-electron chi connectivity index (χ0n) is 11.9. The molecule has 0 fully saturated rings. The Bertz CT molecular complexity index is 545. The van der Waals surface area contributed by atoms with Gasteiger partial charge < -0.3 is 10.1 Å². The van der Waals surface area contributed by atoms with Gasteiger partial charge in [0.05, 0.1) is 13.2 Å². The number of aromatic nitrogens is 1. The second kappa shape index (κ2) is 6.81. The molecule has 1 N–H and O–H groups in total. The smallest absolute Gasteiger partial charge is 0.165 e. The molecule has 0 radical (unpaired) electrons. The van der Waals surface area contributed by atoms with E-state index in [2.05, 4.69) is 17.2 Å². The van der Waals surface area contributed by atoms with Gasteiger partial charge in [-0.15, -0.1) is 11.3 Å². The van der Waals surface area contributed by atoms with E-state index in [1.54, 1.807) is 17.4 Å². The molecule has 2 aromatic rings. The van der Waals surface area contributed by atoms with Crippen molar-refractivity contribution in [1.29, 1.82) is 0 Å². The maximum atomic E-state index is 13.7. The second-order valence-corrected chi connectivity index (χ2v) is 5.54. The van der Waals surface area contributed by atoms with E-state index in [1.165, 1.54) is 13.2 Å². The molecule has 0 saturated carbocycles. The van der Waals surface area contributed by atoms with Gasteiger partial charge in [-0.1, -0.05) is 13.0 Å². The van der Waals surface area contributed by atoms with Gasteiger partial charge in [0.25, 0.3) is 0 Å². The first-order valence-electron chi connectivity index (χ1n) is 6.64. The maximum Gasteiger partial charge on any atom is 0.165 e. The first-order valence-corrected chi connectivity index (χ1v) is 7.52. The molecule has 0 aliphatic heterocycles. The van der Waals surface area contributed by atoms with Crippen molar-refractivity contribution in [2.24, 2.45) is 0 Å². The number of nitrogens with zero attached hydrogens (tertiary/aromatic N) is 1. The van der Waals surface area contributed by atoms with Crippen LogP contribution >= 0.6 is 11.3 Å². The summed E-state index contributed by atoms with van der Waals surface area (Å²) in [5.74, 6) is -0.0612. The highest BCUT2D eigenvalue weighted by Crippen LogP contribution is 2.26. The Balaban J connectivity index is 2.11. The van der Waals surface area contributed by atoms with Crippen molar-refractivity contribution in [3.8, 4) is 5.75 Å². The van der Waals surface area contributed by atoms with Gasteiger partial charge in [-0.3, -0.25) is 0 Å². The van der Waals surface area contributed by atoms with Gasteiger partial charge in [0.2, 0.25) is 0 Å². The summed E-state index contributed by atoms with van der Waals surface area (Å²) in [5, 5.41) is 6.52. The summed E-state index contributed by atoms with van der Waals surface area (Å²) in [6.45, 7) is 4.14. The summed E-state index contributed by atoms with van der Waals surface area (Å²) in [5.41, 5.74) is 0.901. The third-order valence-corrected chi connectivity index (χ3v) is 4.17. The quantitative estimate of drug-likeness (QED) is 0.871. The van der Waals surface area contributed by atoms with Crippen LogP contribution in [-0.4, -0.2) is 12.1 Å². The largest absolute Gasteiger partial charge is 0.494 e. The molecule has 0 aliphatic rings. The topological polar surface area (TPSA) is 34.1 Å². The summed E-state index contributed by atoms with van der Waals surface area (Å²) < 4.78 is 18.7. The van der Waals surface area contributed by atoms with Crippen LogP contribution in [0.4, 0.5) is 4.39 Å². The van der Waals surface area contributed by atoms with Gasteiger partial charge in [-0.05, 0) is 31.0 Å². The summed E-state index contributed by atoms with van der Waals surface area (Å²) in [4.78, 5) is 4.34. The van der Waals surface area contributed by atoms with E-state index in [4.69, 9.17) is 4.74 Å². The van der Waals surface area contributed by atoms with Crippen LogP contribution in [-0.2, 0) is 0 Å². The molecule has 0 saturated heterocycles. The van der Waals surface area contributed by atoms with E-state index < -0.39 is 0 Å². The second-order valence-electron chi connectivity index (χ2n) is 4.61. The number of benzene rings is 1. The summed E-state index contributed by atoms with van der Waals surface area (Å²) >= 11 is 1.63. The van der Waals surface area contributed by atoms with Gasteiger partial charge in [0.15, 0.2) is 11.6 Å². The number of hydrogen-bond acceptors (Lipinski definition) is 4. The van der Waals surface area contributed by atoms with Crippen LogP contribution in [0, 0.1) is 5.82 Å². The Kier molecular flexibility index (Phi) is 5.09. The van der Waals surface area contributed by atoms with Gasteiger partial charge in [-0.25, -0.2) is 9.37 Å². The lowest BCUT2D eigenvalue weighted by Crippen LogP contribution is -2.24. The van der Waals surface area contributed by atoms with E-state index in [0.29, 0.717) is 0 Å². The molecule has 2 unspecified atom stereocenters. The van der Waals surface area contributed by atoms with Crippen LogP contribution in [0.15, 0.2) is 29.8 Å². The molecule has 1 aromatic carbocycles. The van der Waals surface area contributed by atoms with Crippen molar-refractivity contribution in [2.75, 3.05) is 7.11 Å². The number of hydrogen-bond donors (Lipinski definition) is 1. The zero-order chi connectivity index (χ0) is 14.5. The van der Waals surface area contributed by atoms with Gasteiger partial charge in [0.1, 0.15) is 5.01 Å².